The van der Waals surface area contributed by atoms with Gasteiger partial charge in [-0.1, -0.05) is 0 Å². The number of anilines is 2. The number of nitrogens with zero attached hydrogens (tertiary/aromatic N) is 3. The van der Waals surface area contributed by atoms with Gasteiger partial charge in [-0.15, -0.1) is 0 Å². The molecule has 1 amide bonds. The SMILES string of the molecule is CC(=O)Nc1cc(-c2c(-c3ccc(F)cc3)nn3c2NCCC3)ccn1. The Kier molecular flexibility index (Phi) is 4.12. The molecule has 6 nitrogen and oxygen atoms in total. The molecule has 2 aromatic heterocycles. The molecular weight excluding hydrogens is 333 g/mol. The van der Waals surface area contributed by atoms with E-state index >= 15 is 0 Å². The van der Waals surface area contributed by atoms with Gasteiger partial charge in [-0.25, -0.2) is 14.1 Å². The van der Waals surface area contributed by atoms with E-state index in [4.69, 9.17) is 5.10 Å². The molecule has 0 spiro atoms. The number of halogens is 1. The Morgan fingerprint density at radius 3 is 2.81 bits per heavy atom. The molecule has 0 fully saturated rings. The number of pyridine rings is 1. The molecular formula is C19H18FN5O. The van der Waals surface area contributed by atoms with Gasteiger partial charge in [0.15, 0.2) is 0 Å². The molecule has 1 aliphatic rings. The molecule has 0 unspecified atom stereocenters. The summed E-state index contributed by atoms with van der Waals surface area (Å²) in [5.74, 6) is 0.948. The number of carbonyl (C=O) groups excluding carboxylic acids is 1. The number of carbonyl (C=O) groups is 1. The summed E-state index contributed by atoms with van der Waals surface area (Å²) in [4.78, 5) is 15.5. The fourth-order valence-electron chi connectivity index (χ4n) is 3.16. The Hall–Kier alpha value is -3.22. The van der Waals surface area contributed by atoms with Gasteiger partial charge in [0, 0.05) is 31.8 Å². The zero-order chi connectivity index (χ0) is 18.1. The van der Waals surface area contributed by atoms with E-state index in [1.165, 1.54) is 19.1 Å². The van der Waals surface area contributed by atoms with Crippen LogP contribution in [-0.4, -0.2) is 27.2 Å². The number of benzene rings is 1. The Morgan fingerprint density at radius 1 is 1.23 bits per heavy atom. The number of aryl methyl sites for hydroxylation is 1. The molecule has 26 heavy (non-hydrogen) atoms. The van der Waals surface area contributed by atoms with E-state index in [-0.39, 0.29) is 11.7 Å². The van der Waals surface area contributed by atoms with Crippen LogP contribution in [0.25, 0.3) is 22.4 Å². The lowest BCUT2D eigenvalue weighted by Gasteiger charge is -2.17. The van der Waals surface area contributed by atoms with Crippen LogP contribution < -0.4 is 10.6 Å². The van der Waals surface area contributed by atoms with Crippen LogP contribution in [0, 0.1) is 5.82 Å². The summed E-state index contributed by atoms with van der Waals surface area (Å²) in [6, 6.07) is 10.0. The molecule has 0 saturated carbocycles. The lowest BCUT2D eigenvalue weighted by atomic mass is 10.0. The summed E-state index contributed by atoms with van der Waals surface area (Å²) in [5.41, 5.74) is 3.42. The van der Waals surface area contributed by atoms with Gasteiger partial charge in [0.25, 0.3) is 0 Å². The van der Waals surface area contributed by atoms with Gasteiger partial charge in [0.1, 0.15) is 23.1 Å². The lowest BCUT2D eigenvalue weighted by Crippen LogP contribution is -2.17. The van der Waals surface area contributed by atoms with Crippen LogP contribution in [0.5, 0.6) is 0 Å². The van der Waals surface area contributed by atoms with E-state index in [9.17, 15) is 9.18 Å². The highest BCUT2D eigenvalue weighted by molar-refractivity contribution is 5.92. The highest BCUT2D eigenvalue weighted by atomic mass is 19.1. The van der Waals surface area contributed by atoms with Crippen LogP contribution in [0.15, 0.2) is 42.6 Å². The van der Waals surface area contributed by atoms with Gasteiger partial charge in [-0.2, -0.15) is 5.10 Å². The van der Waals surface area contributed by atoms with Crippen molar-refractivity contribution in [2.24, 2.45) is 0 Å². The van der Waals surface area contributed by atoms with Gasteiger partial charge in [-0.05, 0) is 48.4 Å². The topological polar surface area (TPSA) is 71.8 Å². The number of aromatic nitrogens is 3. The first-order chi connectivity index (χ1) is 12.6. The van der Waals surface area contributed by atoms with Crippen molar-refractivity contribution in [1.82, 2.24) is 14.8 Å². The predicted molar refractivity (Wildman–Crippen MR) is 98.3 cm³/mol. The minimum absolute atomic E-state index is 0.177. The van der Waals surface area contributed by atoms with Crippen molar-refractivity contribution >= 4 is 17.5 Å². The van der Waals surface area contributed by atoms with E-state index in [2.05, 4.69) is 15.6 Å². The molecule has 0 radical (unpaired) electrons. The zero-order valence-corrected chi connectivity index (χ0v) is 14.3. The van der Waals surface area contributed by atoms with Crippen molar-refractivity contribution in [2.45, 2.75) is 19.9 Å². The molecule has 0 atom stereocenters. The number of nitrogens with one attached hydrogen (secondary N) is 2. The average molecular weight is 351 g/mol. The third-order valence-corrected chi connectivity index (χ3v) is 4.26. The number of hydrogen-bond acceptors (Lipinski definition) is 4. The monoisotopic (exact) mass is 351 g/mol. The molecule has 2 N–H and O–H groups in total. The molecule has 0 saturated heterocycles. The van der Waals surface area contributed by atoms with Gasteiger partial charge >= 0.3 is 0 Å². The predicted octanol–water partition coefficient (Wildman–Crippen LogP) is 3.53. The molecule has 1 aromatic carbocycles. The fraction of sp³-hybridized carbons (Fsp3) is 0.211. The van der Waals surface area contributed by atoms with Crippen LogP contribution in [0.1, 0.15) is 13.3 Å². The van der Waals surface area contributed by atoms with Gasteiger partial charge in [0.2, 0.25) is 5.91 Å². The summed E-state index contributed by atoms with van der Waals surface area (Å²) in [7, 11) is 0. The average Bonchev–Trinajstić information content (AvgIpc) is 3.01. The van der Waals surface area contributed by atoms with E-state index < -0.39 is 0 Å². The van der Waals surface area contributed by atoms with Crippen molar-refractivity contribution in [3.63, 3.8) is 0 Å². The summed E-state index contributed by atoms with van der Waals surface area (Å²) >= 11 is 0. The normalized spacial score (nSPS) is 13.0. The summed E-state index contributed by atoms with van der Waals surface area (Å²) in [6.45, 7) is 3.13. The molecule has 0 bridgehead atoms. The molecule has 0 aliphatic carbocycles. The highest BCUT2D eigenvalue weighted by Gasteiger charge is 2.23. The number of fused-ring (bicyclic) bond motifs is 1. The first-order valence-electron chi connectivity index (χ1n) is 8.46. The molecule has 4 rings (SSSR count). The summed E-state index contributed by atoms with van der Waals surface area (Å²) in [6.07, 6.45) is 2.65. The molecule has 1 aliphatic heterocycles. The van der Waals surface area contributed by atoms with Gasteiger partial charge in [-0.3, -0.25) is 4.79 Å². The maximum atomic E-state index is 13.3. The quantitative estimate of drug-likeness (QED) is 0.757. The van der Waals surface area contributed by atoms with Gasteiger partial charge < -0.3 is 10.6 Å². The van der Waals surface area contributed by atoms with E-state index in [0.29, 0.717) is 5.82 Å². The smallest absolute Gasteiger partial charge is 0.222 e. The van der Waals surface area contributed by atoms with Crippen LogP contribution in [0.4, 0.5) is 16.0 Å². The molecule has 7 heteroatoms. The number of amides is 1. The van der Waals surface area contributed by atoms with Crippen LogP contribution >= 0.6 is 0 Å². The zero-order valence-electron chi connectivity index (χ0n) is 14.3. The molecule has 3 heterocycles. The molecule has 132 valence electrons. The van der Waals surface area contributed by atoms with Crippen LogP contribution in [0.2, 0.25) is 0 Å². The van der Waals surface area contributed by atoms with Crippen LogP contribution in [0.3, 0.4) is 0 Å². The maximum absolute atomic E-state index is 13.3. The largest absolute Gasteiger partial charge is 0.370 e. The van der Waals surface area contributed by atoms with Crippen molar-refractivity contribution < 1.29 is 9.18 Å². The van der Waals surface area contributed by atoms with Crippen molar-refractivity contribution in [1.29, 1.82) is 0 Å². The number of rotatable bonds is 3. The first kappa shape index (κ1) is 16.3. The Balaban J connectivity index is 1.88. The molecule has 3 aromatic rings. The second kappa shape index (κ2) is 6.59. The van der Waals surface area contributed by atoms with Crippen molar-refractivity contribution in [2.75, 3.05) is 17.2 Å². The second-order valence-electron chi connectivity index (χ2n) is 6.19. The van der Waals surface area contributed by atoms with Crippen LogP contribution in [-0.2, 0) is 11.3 Å². The summed E-state index contributed by atoms with van der Waals surface area (Å²) in [5, 5.41) is 10.9. The fourth-order valence-corrected chi connectivity index (χ4v) is 3.16. The van der Waals surface area contributed by atoms with E-state index in [1.807, 2.05) is 16.8 Å². The number of hydrogen-bond donors (Lipinski definition) is 2. The highest BCUT2D eigenvalue weighted by Crippen LogP contribution is 2.39. The minimum Gasteiger partial charge on any atom is -0.370 e. The van der Waals surface area contributed by atoms with Crippen molar-refractivity contribution in [3.8, 4) is 22.4 Å². The third-order valence-electron chi connectivity index (χ3n) is 4.26. The van der Waals surface area contributed by atoms with E-state index in [1.54, 1.807) is 18.3 Å². The lowest BCUT2D eigenvalue weighted by molar-refractivity contribution is -0.114. The Labute approximate surface area is 150 Å². The maximum Gasteiger partial charge on any atom is 0.222 e. The summed E-state index contributed by atoms with van der Waals surface area (Å²) < 4.78 is 15.3. The Bertz CT molecular complexity index is 965. The standard InChI is InChI=1S/C19H18FN5O/c1-12(26)23-16-11-14(7-9-21-16)17-18(13-3-5-15(20)6-4-13)24-25-10-2-8-22-19(17)25/h3-7,9,11,22H,2,8,10H2,1H3,(H,21,23,26). The van der Waals surface area contributed by atoms with Gasteiger partial charge in [0.05, 0.1) is 5.56 Å². The van der Waals surface area contributed by atoms with Crippen molar-refractivity contribution in [3.05, 3.63) is 48.4 Å². The first-order valence-corrected chi connectivity index (χ1v) is 8.46. The Morgan fingerprint density at radius 2 is 2.04 bits per heavy atom. The second-order valence-corrected chi connectivity index (χ2v) is 6.19. The third kappa shape index (κ3) is 3.03. The van der Waals surface area contributed by atoms with E-state index in [0.717, 1.165) is 47.7 Å². The minimum atomic E-state index is -0.283.